The van der Waals surface area contributed by atoms with Crippen molar-refractivity contribution in [2.24, 2.45) is 5.16 Å². The molecule has 0 saturated heterocycles. The molecule has 0 spiro atoms. The number of aromatic hydroxyl groups is 1. The van der Waals surface area contributed by atoms with Gasteiger partial charge in [-0.1, -0.05) is 5.16 Å². The maximum Gasteiger partial charge on any atom is 0.275 e. The van der Waals surface area contributed by atoms with Gasteiger partial charge < -0.3 is 20.6 Å². The summed E-state index contributed by atoms with van der Waals surface area (Å²) in [6.45, 7) is 0. The molecule has 0 radical (unpaired) electrons. The standard InChI is InChI=1S/C8H9N3O4/c1-9-8(14)7(11-15)4-2-5(12)6(13)3-10-4/h2-3,13,15H,1H3,(H,9,14)(H,10,12). The number of H-pyrrole nitrogens is 1. The van der Waals surface area contributed by atoms with Crippen LogP contribution in [0.25, 0.3) is 0 Å². The van der Waals surface area contributed by atoms with Crippen LogP contribution in [0, 0.1) is 0 Å². The number of aromatic amines is 1. The highest BCUT2D eigenvalue weighted by Crippen LogP contribution is 2.00. The largest absolute Gasteiger partial charge is 0.503 e. The number of hydrogen-bond donors (Lipinski definition) is 4. The lowest BCUT2D eigenvalue weighted by molar-refractivity contribution is -0.114. The Kier molecular flexibility index (Phi) is 3.06. The predicted octanol–water partition coefficient (Wildman–Crippen LogP) is -0.995. The molecule has 7 nitrogen and oxygen atoms in total. The minimum absolute atomic E-state index is 0.0136. The van der Waals surface area contributed by atoms with Crippen LogP contribution < -0.4 is 10.7 Å². The van der Waals surface area contributed by atoms with Crippen LogP contribution in [0.4, 0.5) is 0 Å². The molecule has 1 aromatic rings. The fourth-order valence-electron chi connectivity index (χ4n) is 0.941. The normalized spacial score (nSPS) is 11.1. The molecule has 0 atom stereocenters. The van der Waals surface area contributed by atoms with Gasteiger partial charge in [-0.05, 0) is 0 Å². The van der Waals surface area contributed by atoms with E-state index in [2.05, 4.69) is 15.5 Å². The number of aromatic nitrogens is 1. The molecule has 0 unspecified atom stereocenters. The van der Waals surface area contributed by atoms with Gasteiger partial charge in [-0.25, -0.2) is 0 Å². The number of amides is 1. The van der Waals surface area contributed by atoms with Crippen LogP contribution in [0.2, 0.25) is 0 Å². The van der Waals surface area contributed by atoms with E-state index in [9.17, 15) is 9.59 Å². The first-order valence-electron chi connectivity index (χ1n) is 3.96. The number of rotatable bonds is 2. The van der Waals surface area contributed by atoms with Crippen molar-refractivity contribution in [3.05, 3.63) is 28.2 Å². The van der Waals surface area contributed by atoms with Gasteiger partial charge in [-0.15, -0.1) is 0 Å². The Morgan fingerprint density at radius 3 is 2.73 bits per heavy atom. The molecular formula is C8H9N3O4. The van der Waals surface area contributed by atoms with Gasteiger partial charge in [0.05, 0.1) is 5.69 Å². The van der Waals surface area contributed by atoms with E-state index in [1.165, 1.54) is 7.05 Å². The summed E-state index contributed by atoms with van der Waals surface area (Å²) in [6, 6.07) is 0.958. The van der Waals surface area contributed by atoms with E-state index in [1.807, 2.05) is 0 Å². The Morgan fingerprint density at radius 2 is 2.27 bits per heavy atom. The highest BCUT2D eigenvalue weighted by Gasteiger charge is 2.14. The lowest BCUT2D eigenvalue weighted by atomic mass is 10.2. The monoisotopic (exact) mass is 211 g/mol. The van der Waals surface area contributed by atoms with E-state index in [0.29, 0.717) is 0 Å². The summed E-state index contributed by atoms with van der Waals surface area (Å²) >= 11 is 0. The van der Waals surface area contributed by atoms with Crippen molar-refractivity contribution in [3.63, 3.8) is 0 Å². The van der Waals surface area contributed by atoms with Crippen LogP contribution in [0.1, 0.15) is 5.69 Å². The van der Waals surface area contributed by atoms with E-state index >= 15 is 0 Å². The van der Waals surface area contributed by atoms with Crippen LogP contribution in [-0.4, -0.2) is 34.0 Å². The number of pyridine rings is 1. The molecule has 4 N–H and O–H groups in total. The van der Waals surface area contributed by atoms with Gasteiger partial charge in [0, 0.05) is 19.3 Å². The molecule has 1 rings (SSSR count). The zero-order chi connectivity index (χ0) is 11.4. The molecule has 0 aliphatic heterocycles. The highest BCUT2D eigenvalue weighted by atomic mass is 16.4. The second kappa shape index (κ2) is 4.27. The van der Waals surface area contributed by atoms with Crippen LogP contribution in [0.5, 0.6) is 5.75 Å². The molecule has 15 heavy (non-hydrogen) atoms. The number of carbonyl (C=O) groups excluding carboxylic acids is 1. The second-order valence-electron chi connectivity index (χ2n) is 2.62. The van der Waals surface area contributed by atoms with Gasteiger partial charge >= 0.3 is 0 Å². The smallest absolute Gasteiger partial charge is 0.275 e. The summed E-state index contributed by atoms with van der Waals surface area (Å²) in [5, 5.41) is 22.5. The molecular weight excluding hydrogens is 202 g/mol. The molecule has 7 heteroatoms. The number of hydrogen-bond acceptors (Lipinski definition) is 5. The number of nitrogens with one attached hydrogen (secondary N) is 2. The molecule has 0 aromatic carbocycles. The summed E-state index contributed by atoms with van der Waals surface area (Å²) in [7, 11) is 1.35. The molecule has 0 saturated carbocycles. The quantitative estimate of drug-likeness (QED) is 0.285. The molecule has 0 fully saturated rings. The van der Waals surface area contributed by atoms with Gasteiger partial charge in [-0.2, -0.15) is 0 Å². The summed E-state index contributed by atoms with van der Waals surface area (Å²) in [5.41, 5.74) is -0.997. The number of carbonyl (C=O) groups is 1. The van der Waals surface area contributed by atoms with Crippen molar-refractivity contribution in [2.45, 2.75) is 0 Å². The fourth-order valence-corrected chi connectivity index (χ4v) is 0.941. The van der Waals surface area contributed by atoms with Crippen molar-refractivity contribution in [1.29, 1.82) is 0 Å². The average Bonchev–Trinajstić information content (AvgIpc) is 2.24. The number of likely N-dealkylation sites (N-methyl/N-ethyl adjacent to an activating group) is 1. The average molecular weight is 211 g/mol. The van der Waals surface area contributed by atoms with E-state index in [4.69, 9.17) is 10.3 Å². The molecule has 1 amide bonds. The maximum absolute atomic E-state index is 11.2. The van der Waals surface area contributed by atoms with Gasteiger partial charge in [0.25, 0.3) is 5.91 Å². The Balaban J connectivity index is 3.21. The van der Waals surface area contributed by atoms with Gasteiger partial charge in [0.15, 0.2) is 11.5 Å². The summed E-state index contributed by atoms with van der Waals surface area (Å²) in [5.74, 6) is -1.13. The molecule has 0 bridgehead atoms. The third kappa shape index (κ3) is 2.13. The lowest BCUT2D eigenvalue weighted by Gasteiger charge is -2.02. The van der Waals surface area contributed by atoms with Gasteiger partial charge in [-0.3, -0.25) is 9.59 Å². The van der Waals surface area contributed by atoms with Crippen molar-refractivity contribution in [3.8, 4) is 5.75 Å². The first kappa shape index (κ1) is 10.8. The minimum atomic E-state index is -0.672. The topological polar surface area (TPSA) is 115 Å². The summed E-state index contributed by atoms with van der Waals surface area (Å²) < 4.78 is 0. The maximum atomic E-state index is 11.2. The molecule has 1 heterocycles. The molecule has 80 valence electrons. The third-order valence-electron chi connectivity index (χ3n) is 1.69. The second-order valence-corrected chi connectivity index (χ2v) is 2.62. The molecule has 0 aliphatic carbocycles. The number of nitrogens with zero attached hydrogens (tertiary/aromatic N) is 1. The van der Waals surface area contributed by atoms with Crippen LogP contribution in [0.15, 0.2) is 22.2 Å². The van der Waals surface area contributed by atoms with Crippen molar-refractivity contribution < 1.29 is 15.1 Å². The first-order chi connectivity index (χ1) is 7.10. The van der Waals surface area contributed by atoms with E-state index in [0.717, 1.165) is 12.3 Å². The SMILES string of the molecule is CNC(=O)C(=NO)c1cc(=O)c(O)c[nH]1. The first-order valence-corrected chi connectivity index (χ1v) is 3.96. The summed E-state index contributed by atoms with van der Waals surface area (Å²) in [6.07, 6.45) is 1.01. The number of oxime groups is 1. The van der Waals surface area contributed by atoms with Crippen molar-refractivity contribution in [1.82, 2.24) is 10.3 Å². The van der Waals surface area contributed by atoms with Gasteiger partial charge in [0.2, 0.25) is 5.43 Å². The van der Waals surface area contributed by atoms with E-state index in [1.54, 1.807) is 0 Å². The third-order valence-corrected chi connectivity index (χ3v) is 1.69. The Bertz CT molecular complexity index is 463. The Labute approximate surface area is 84.1 Å². The van der Waals surface area contributed by atoms with E-state index < -0.39 is 17.1 Å². The molecule has 0 aliphatic rings. The van der Waals surface area contributed by atoms with Crippen molar-refractivity contribution >= 4 is 11.6 Å². The van der Waals surface area contributed by atoms with E-state index in [-0.39, 0.29) is 11.4 Å². The van der Waals surface area contributed by atoms with Crippen LogP contribution in [0.3, 0.4) is 0 Å². The van der Waals surface area contributed by atoms with Crippen molar-refractivity contribution in [2.75, 3.05) is 7.05 Å². The Hall–Kier alpha value is -2.31. The highest BCUT2D eigenvalue weighted by molar-refractivity contribution is 6.44. The summed E-state index contributed by atoms with van der Waals surface area (Å²) in [4.78, 5) is 24.6. The minimum Gasteiger partial charge on any atom is -0.503 e. The fraction of sp³-hybridized carbons (Fsp3) is 0.125. The zero-order valence-corrected chi connectivity index (χ0v) is 7.81. The Morgan fingerprint density at radius 1 is 1.60 bits per heavy atom. The predicted molar refractivity (Wildman–Crippen MR) is 51.1 cm³/mol. The van der Waals surface area contributed by atoms with Crippen LogP contribution in [-0.2, 0) is 4.79 Å². The molecule has 1 aromatic heterocycles. The lowest BCUT2D eigenvalue weighted by Crippen LogP contribution is -2.29. The van der Waals surface area contributed by atoms with Crippen LogP contribution >= 0.6 is 0 Å². The van der Waals surface area contributed by atoms with Gasteiger partial charge in [0.1, 0.15) is 0 Å². The zero-order valence-electron chi connectivity index (χ0n) is 7.81.